The van der Waals surface area contributed by atoms with Crippen molar-refractivity contribution in [1.29, 1.82) is 0 Å². The third kappa shape index (κ3) is 5.73. The molecule has 0 saturated heterocycles. The van der Waals surface area contributed by atoms with Crippen LogP contribution in [0.2, 0.25) is 0 Å². The Morgan fingerprint density at radius 2 is 1.72 bits per heavy atom. The van der Waals surface area contributed by atoms with Gasteiger partial charge in [-0.1, -0.05) is 6.07 Å². The van der Waals surface area contributed by atoms with E-state index in [0.717, 1.165) is 6.08 Å². The molecule has 0 aromatic heterocycles. The van der Waals surface area contributed by atoms with Gasteiger partial charge in [-0.3, -0.25) is 19.7 Å². The number of hydrogen-bond donors (Lipinski definition) is 2. The van der Waals surface area contributed by atoms with Crippen molar-refractivity contribution in [3.63, 3.8) is 0 Å². The highest BCUT2D eigenvalue weighted by Gasteiger charge is 2.12. The summed E-state index contributed by atoms with van der Waals surface area (Å²) in [6.45, 7) is 3.15. The Kier molecular flexibility index (Phi) is 6.80. The fourth-order valence-electron chi connectivity index (χ4n) is 2.33. The van der Waals surface area contributed by atoms with Crippen molar-refractivity contribution in [3.05, 3.63) is 75.4 Å². The quantitative estimate of drug-likeness (QED) is 0.333. The van der Waals surface area contributed by atoms with Gasteiger partial charge in [0.2, 0.25) is 5.91 Å². The van der Waals surface area contributed by atoms with Gasteiger partial charge in [0.1, 0.15) is 0 Å². The lowest BCUT2D eigenvalue weighted by molar-refractivity contribution is -0.384. The number of aryl methyl sites for hydroxylation is 1. The van der Waals surface area contributed by atoms with Crippen molar-refractivity contribution in [3.8, 4) is 0 Å². The van der Waals surface area contributed by atoms with Crippen LogP contribution in [-0.2, 0) is 14.3 Å². The number of benzene rings is 2. The van der Waals surface area contributed by atoms with Crippen LogP contribution in [0.15, 0.2) is 54.1 Å². The molecule has 0 bridgehead atoms. The molecule has 9 nitrogen and oxygen atoms in total. The van der Waals surface area contributed by atoms with Crippen molar-refractivity contribution < 1.29 is 24.0 Å². The molecule has 150 valence electrons. The van der Waals surface area contributed by atoms with Crippen LogP contribution in [0.3, 0.4) is 0 Å². The van der Waals surface area contributed by atoms with Gasteiger partial charge in [0, 0.05) is 29.5 Å². The number of hydrogen-bond acceptors (Lipinski definition) is 6. The smallest absolute Gasteiger partial charge is 0.337 e. The first-order valence-corrected chi connectivity index (χ1v) is 8.45. The predicted molar refractivity (Wildman–Crippen MR) is 107 cm³/mol. The molecule has 2 rings (SSSR count). The molecule has 2 amide bonds. The topological polar surface area (TPSA) is 128 Å². The number of non-ortho nitro benzene ring substituents is 1. The van der Waals surface area contributed by atoms with Crippen molar-refractivity contribution in [2.24, 2.45) is 0 Å². The van der Waals surface area contributed by atoms with Crippen LogP contribution >= 0.6 is 0 Å². The van der Waals surface area contributed by atoms with Gasteiger partial charge in [0.25, 0.3) is 11.6 Å². The molecule has 2 aromatic rings. The summed E-state index contributed by atoms with van der Waals surface area (Å²) in [5.74, 6) is -1.60. The maximum Gasteiger partial charge on any atom is 0.337 e. The molecular formula is C20H19N3O6. The molecule has 2 N–H and O–H groups in total. The van der Waals surface area contributed by atoms with Crippen LogP contribution in [0.25, 0.3) is 0 Å². The maximum absolute atomic E-state index is 12.2. The molecule has 0 heterocycles. The number of nitrogens with one attached hydrogen (secondary N) is 2. The highest BCUT2D eigenvalue weighted by molar-refractivity contribution is 6.10. The Labute approximate surface area is 166 Å². The number of carbonyl (C=O) groups is 3. The van der Waals surface area contributed by atoms with Gasteiger partial charge in [-0.25, -0.2) is 4.79 Å². The lowest BCUT2D eigenvalue weighted by Crippen LogP contribution is -2.16. The van der Waals surface area contributed by atoms with Crippen molar-refractivity contribution in [1.82, 2.24) is 0 Å². The number of nitro benzene ring substituents is 1. The second-order valence-electron chi connectivity index (χ2n) is 6.10. The molecule has 0 aliphatic carbocycles. The number of anilines is 2. The number of nitro groups is 1. The number of rotatable bonds is 6. The zero-order valence-electron chi connectivity index (χ0n) is 16.0. The van der Waals surface area contributed by atoms with E-state index in [1.807, 2.05) is 0 Å². The molecule has 0 unspecified atom stereocenters. The summed E-state index contributed by atoms with van der Waals surface area (Å²) in [5.41, 5.74) is 1.68. The first kappa shape index (κ1) is 21.3. The fourth-order valence-corrected chi connectivity index (χ4v) is 2.33. The van der Waals surface area contributed by atoms with Crippen molar-refractivity contribution >= 4 is 34.8 Å². The Morgan fingerprint density at radius 1 is 1.07 bits per heavy atom. The molecule has 0 saturated carbocycles. The molecule has 0 spiro atoms. The monoisotopic (exact) mass is 397 g/mol. The Morgan fingerprint density at radius 3 is 2.31 bits per heavy atom. The lowest BCUT2D eigenvalue weighted by atomic mass is 10.1. The minimum atomic E-state index is -0.595. The molecule has 0 aliphatic rings. The molecule has 0 fully saturated rings. The molecule has 0 aliphatic heterocycles. The Bertz CT molecular complexity index is 996. The zero-order chi connectivity index (χ0) is 21.6. The summed E-state index contributed by atoms with van der Waals surface area (Å²) in [7, 11) is 1.27. The standard InChI is InChI=1S/C20H19N3O6/c1-12-4-9-16(23(27)28)11-17(12)22-18(24)10-13(2)19(25)21-15-7-5-14(6-8-15)20(26)29-3/h4-11H,1-3H3,(H,21,25)(H,22,24)/b13-10+. The van der Waals surface area contributed by atoms with Crippen LogP contribution in [0, 0.1) is 17.0 Å². The largest absolute Gasteiger partial charge is 0.465 e. The molecule has 9 heteroatoms. The van der Waals surface area contributed by atoms with Crippen molar-refractivity contribution in [2.75, 3.05) is 17.7 Å². The fraction of sp³-hybridized carbons (Fsp3) is 0.150. The minimum Gasteiger partial charge on any atom is -0.465 e. The van der Waals surface area contributed by atoms with E-state index in [-0.39, 0.29) is 16.9 Å². The normalized spacial score (nSPS) is 10.8. The van der Waals surface area contributed by atoms with E-state index >= 15 is 0 Å². The molecule has 29 heavy (non-hydrogen) atoms. The van der Waals surface area contributed by atoms with Crippen LogP contribution < -0.4 is 10.6 Å². The number of carbonyl (C=O) groups excluding carboxylic acids is 3. The van der Waals surface area contributed by atoms with Crippen LogP contribution in [-0.4, -0.2) is 29.8 Å². The molecular weight excluding hydrogens is 378 g/mol. The lowest BCUT2D eigenvalue weighted by Gasteiger charge is -2.08. The third-order valence-electron chi connectivity index (χ3n) is 3.96. The van der Waals surface area contributed by atoms with Gasteiger partial charge in [0.05, 0.1) is 23.3 Å². The van der Waals surface area contributed by atoms with E-state index in [1.165, 1.54) is 56.5 Å². The SMILES string of the molecule is COC(=O)c1ccc(NC(=O)/C(C)=C/C(=O)Nc2cc([N+](=O)[O-])ccc2C)cc1. The van der Waals surface area contributed by atoms with Gasteiger partial charge in [-0.2, -0.15) is 0 Å². The van der Waals surface area contributed by atoms with E-state index in [9.17, 15) is 24.5 Å². The van der Waals surface area contributed by atoms with Gasteiger partial charge in [0.15, 0.2) is 0 Å². The highest BCUT2D eigenvalue weighted by atomic mass is 16.6. The third-order valence-corrected chi connectivity index (χ3v) is 3.96. The first-order chi connectivity index (χ1) is 13.7. The molecule has 0 atom stereocenters. The number of amides is 2. The van der Waals surface area contributed by atoms with E-state index in [2.05, 4.69) is 15.4 Å². The summed E-state index contributed by atoms with van der Waals surface area (Å²) in [6.07, 6.45) is 1.09. The maximum atomic E-state index is 12.2. The summed E-state index contributed by atoms with van der Waals surface area (Å²) in [6, 6.07) is 10.2. The summed E-state index contributed by atoms with van der Waals surface area (Å²) >= 11 is 0. The summed E-state index contributed by atoms with van der Waals surface area (Å²) in [5, 5.41) is 16.0. The first-order valence-electron chi connectivity index (χ1n) is 8.45. The second-order valence-corrected chi connectivity index (χ2v) is 6.10. The minimum absolute atomic E-state index is 0.127. The van der Waals surface area contributed by atoms with Gasteiger partial charge in [-0.05, 0) is 43.7 Å². The number of nitrogens with zero attached hydrogens (tertiary/aromatic N) is 1. The summed E-state index contributed by atoms with van der Waals surface area (Å²) < 4.78 is 4.60. The van der Waals surface area contributed by atoms with E-state index in [0.29, 0.717) is 16.8 Å². The Hall–Kier alpha value is -4.01. The Balaban J connectivity index is 2.05. The molecule has 2 aromatic carbocycles. The summed E-state index contributed by atoms with van der Waals surface area (Å²) in [4.78, 5) is 46.1. The molecule has 0 radical (unpaired) electrons. The van der Waals surface area contributed by atoms with E-state index in [1.54, 1.807) is 6.92 Å². The predicted octanol–water partition coefficient (Wildman–Crippen LogP) is 3.21. The van der Waals surface area contributed by atoms with Gasteiger partial charge < -0.3 is 15.4 Å². The second kappa shape index (κ2) is 9.27. The van der Waals surface area contributed by atoms with Gasteiger partial charge >= 0.3 is 5.97 Å². The highest BCUT2D eigenvalue weighted by Crippen LogP contribution is 2.22. The van der Waals surface area contributed by atoms with E-state index in [4.69, 9.17) is 0 Å². The average molecular weight is 397 g/mol. The van der Waals surface area contributed by atoms with Crippen LogP contribution in [0.1, 0.15) is 22.8 Å². The van der Waals surface area contributed by atoms with Crippen molar-refractivity contribution in [2.45, 2.75) is 13.8 Å². The van der Waals surface area contributed by atoms with Crippen LogP contribution in [0.4, 0.5) is 17.1 Å². The van der Waals surface area contributed by atoms with Gasteiger partial charge in [-0.15, -0.1) is 0 Å². The number of methoxy groups -OCH3 is 1. The zero-order valence-corrected chi connectivity index (χ0v) is 16.0. The van der Waals surface area contributed by atoms with E-state index < -0.39 is 22.7 Å². The number of ether oxygens (including phenoxy) is 1. The average Bonchev–Trinajstić information content (AvgIpc) is 2.69. The van der Waals surface area contributed by atoms with Crippen LogP contribution in [0.5, 0.6) is 0 Å². The number of esters is 1.